The molecule has 4 N–H and O–H groups in total. The van der Waals surface area contributed by atoms with Gasteiger partial charge in [0.15, 0.2) is 0 Å². The molecule has 20 heavy (non-hydrogen) atoms. The molecule has 0 aliphatic rings. The van der Waals surface area contributed by atoms with Gasteiger partial charge in [0.05, 0.1) is 28.9 Å². The molecule has 0 spiro atoms. The largest absolute Gasteiger partial charge is 0.399 e. The van der Waals surface area contributed by atoms with Gasteiger partial charge in [0, 0.05) is 12.2 Å². The Morgan fingerprint density at radius 1 is 1.35 bits per heavy atom. The monoisotopic (exact) mass is 319 g/mol. The van der Waals surface area contributed by atoms with E-state index in [0.717, 1.165) is 13.0 Å². The van der Waals surface area contributed by atoms with E-state index >= 15 is 0 Å². The van der Waals surface area contributed by atoms with Crippen LogP contribution >= 0.6 is 23.2 Å². The molecule has 0 aliphatic heterocycles. The number of nitrogens with zero attached hydrogens (tertiary/aromatic N) is 1. The second-order valence-corrected chi connectivity index (χ2v) is 5.22. The molecule has 1 rings (SSSR count). The Bertz CT molecular complexity index is 440. The summed E-state index contributed by atoms with van der Waals surface area (Å²) in [5, 5.41) is 12.2. The van der Waals surface area contributed by atoms with Gasteiger partial charge in [-0.3, -0.25) is 9.69 Å². The molecule has 0 atom stereocenters. The lowest BCUT2D eigenvalue weighted by atomic mass is 10.2. The van der Waals surface area contributed by atoms with E-state index < -0.39 is 0 Å². The van der Waals surface area contributed by atoms with Gasteiger partial charge in [-0.25, -0.2) is 0 Å². The standard InChI is InChI=1S/C13H19Cl2N3O2/c1-2-3-18(4-5-19)8-12(20)17-13-10(14)6-9(16)7-11(13)15/h6-7,19H,2-5,8,16H2,1H3,(H,17,20). The molecule has 1 aromatic carbocycles. The number of benzene rings is 1. The average Bonchev–Trinajstić information content (AvgIpc) is 2.34. The number of hydrogen-bond acceptors (Lipinski definition) is 4. The molecule has 5 nitrogen and oxygen atoms in total. The molecular formula is C13H19Cl2N3O2. The van der Waals surface area contributed by atoms with Gasteiger partial charge >= 0.3 is 0 Å². The van der Waals surface area contributed by atoms with Crippen LogP contribution < -0.4 is 11.1 Å². The van der Waals surface area contributed by atoms with E-state index in [-0.39, 0.29) is 19.1 Å². The number of carbonyl (C=O) groups is 1. The molecule has 7 heteroatoms. The minimum absolute atomic E-state index is 0.0106. The van der Waals surface area contributed by atoms with Crippen LogP contribution in [0.25, 0.3) is 0 Å². The number of nitrogens with one attached hydrogen (secondary N) is 1. The fraction of sp³-hybridized carbons (Fsp3) is 0.462. The number of nitrogens with two attached hydrogens (primary N) is 1. The van der Waals surface area contributed by atoms with Gasteiger partial charge in [-0.05, 0) is 25.1 Å². The first-order valence-corrected chi connectivity index (χ1v) is 7.11. The van der Waals surface area contributed by atoms with Crippen LogP contribution in [0.4, 0.5) is 11.4 Å². The normalized spacial score (nSPS) is 10.8. The first kappa shape index (κ1) is 17.0. The third-order valence-corrected chi connectivity index (χ3v) is 3.25. The Kier molecular flexibility index (Phi) is 7.09. The van der Waals surface area contributed by atoms with E-state index in [4.69, 9.17) is 34.0 Å². The molecular weight excluding hydrogens is 301 g/mol. The molecule has 0 aliphatic carbocycles. The number of nitrogen functional groups attached to an aromatic ring is 1. The molecule has 0 fully saturated rings. The van der Waals surface area contributed by atoms with E-state index in [1.807, 2.05) is 11.8 Å². The van der Waals surface area contributed by atoms with Crippen molar-refractivity contribution in [2.75, 3.05) is 37.3 Å². The molecule has 0 saturated carbocycles. The van der Waals surface area contributed by atoms with Gasteiger partial charge < -0.3 is 16.2 Å². The Morgan fingerprint density at radius 2 is 1.95 bits per heavy atom. The molecule has 0 saturated heterocycles. The van der Waals surface area contributed by atoms with E-state index in [1.165, 1.54) is 12.1 Å². The van der Waals surface area contributed by atoms with Crippen molar-refractivity contribution >= 4 is 40.5 Å². The zero-order valence-electron chi connectivity index (χ0n) is 11.3. The van der Waals surface area contributed by atoms with Crippen molar-refractivity contribution in [3.63, 3.8) is 0 Å². The maximum absolute atomic E-state index is 12.0. The zero-order valence-corrected chi connectivity index (χ0v) is 12.8. The predicted molar refractivity (Wildman–Crippen MR) is 83.3 cm³/mol. The van der Waals surface area contributed by atoms with E-state index in [1.54, 1.807) is 0 Å². The minimum atomic E-state index is -0.236. The summed E-state index contributed by atoms with van der Waals surface area (Å²) in [5.74, 6) is -0.236. The van der Waals surface area contributed by atoms with Gasteiger partial charge in [-0.2, -0.15) is 0 Å². The number of aliphatic hydroxyl groups excluding tert-OH is 1. The predicted octanol–water partition coefficient (Wildman–Crippen LogP) is 2.22. The fourth-order valence-electron chi connectivity index (χ4n) is 1.82. The molecule has 112 valence electrons. The maximum Gasteiger partial charge on any atom is 0.238 e. The van der Waals surface area contributed by atoms with Crippen molar-refractivity contribution in [2.45, 2.75) is 13.3 Å². The molecule has 1 aromatic rings. The van der Waals surface area contributed by atoms with E-state index in [2.05, 4.69) is 5.32 Å². The summed E-state index contributed by atoms with van der Waals surface area (Å²) in [6, 6.07) is 3.06. The molecule has 0 unspecified atom stereocenters. The number of rotatable bonds is 7. The SMILES string of the molecule is CCCN(CCO)CC(=O)Nc1c(Cl)cc(N)cc1Cl. The van der Waals surface area contributed by atoms with E-state index in [9.17, 15) is 4.79 Å². The van der Waals surface area contributed by atoms with Gasteiger partial charge in [-0.15, -0.1) is 0 Å². The summed E-state index contributed by atoms with van der Waals surface area (Å²) in [4.78, 5) is 13.8. The van der Waals surface area contributed by atoms with Crippen LogP contribution in [0.3, 0.4) is 0 Å². The van der Waals surface area contributed by atoms with Gasteiger partial charge in [-0.1, -0.05) is 30.1 Å². The number of aliphatic hydroxyl groups is 1. The van der Waals surface area contributed by atoms with Crippen molar-refractivity contribution in [2.24, 2.45) is 0 Å². The maximum atomic E-state index is 12.0. The summed E-state index contributed by atoms with van der Waals surface area (Å²) < 4.78 is 0. The summed E-state index contributed by atoms with van der Waals surface area (Å²) in [6.45, 7) is 3.37. The fourth-order valence-corrected chi connectivity index (χ4v) is 2.42. The topological polar surface area (TPSA) is 78.6 Å². The smallest absolute Gasteiger partial charge is 0.238 e. The highest BCUT2D eigenvalue weighted by Crippen LogP contribution is 2.32. The second kappa shape index (κ2) is 8.32. The highest BCUT2D eigenvalue weighted by molar-refractivity contribution is 6.40. The Balaban J connectivity index is 2.70. The second-order valence-electron chi connectivity index (χ2n) is 4.41. The quantitative estimate of drug-likeness (QED) is 0.673. The number of amides is 1. The molecule has 0 radical (unpaired) electrons. The lowest BCUT2D eigenvalue weighted by Crippen LogP contribution is -2.35. The molecule has 0 aromatic heterocycles. The van der Waals surface area contributed by atoms with Crippen LogP contribution in [-0.4, -0.2) is 42.2 Å². The van der Waals surface area contributed by atoms with Crippen LogP contribution in [0.1, 0.15) is 13.3 Å². The van der Waals surface area contributed by atoms with Crippen LogP contribution in [0, 0.1) is 0 Å². The van der Waals surface area contributed by atoms with Crippen molar-refractivity contribution in [3.8, 4) is 0 Å². The Hall–Kier alpha value is -1.01. The van der Waals surface area contributed by atoms with Gasteiger partial charge in [0.1, 0.15) is 0 Å². The third-order valence-electron chi connectivity index (χ3n) is 2.65. The van der Waals surface area contributed by atoms with Crippen LogP contribution in [0.5, 0.6) is 0 Å². The molecule has 0 bridgehead atoms. The zero-order chi connectivity index (χ0) is 15.1. The summed E-state index contributed by atoms with van der Waals surface area (Å²) in [6.07, 6.45) is 0.899. The van der Waals surface area contributed by atoms with Crippen molar-refractivity contribution in [1.82, 2.24) is 4.90 Å². The summed E-state index contributed by atoms with van der Waals surface area (Å²) in [5.41, 5.74) is 6.39. The first-order valence-electron chi connectivity index (χ1n) is 6.35. The van der Waals surface area contributed by atoms with Crippen LogP contribution in [0.15, 0.2) is 12.1 Å². The summed E-state index contributed by atoms with van der Waals surface area (Å²) >= 11 is 12.0. The van der Waals surface area contributed by atoms with Crippen molar-refractivity contribution in [3.05, 3.63) is 22.2 Å². The van der Waals surface area contributed by atoms with Crippen molar-refractivity contribution < 1.29 is 9.90 Å². The highest BCUT2D eigenvalue weighted by Gasteiger charge is 2.14. The highest BCUT2D eigenvalue weighted by atomic mass is 35.5. The molecule has 0 heterocycles. The first-order chi connectivity index (χ1) is 9.47. The van der Waals surface area contributed by atoms with Crippen molar-refractivity contribution in [1.29, 1.82) is 0 Å². The average molecular weight is 320 g/mol. The lowest BCUT2D eigenvalue weighted by molar-refractivity contribution is -0.117. The number of carbonyl (C=O) groups excluding carboxylic acids is 1. The van der Waals surface area contributed by atoms with Crippen LogP contribution in [-0.2, 0) is 4.79 Å². The number of anilines is 2. The van der Waals surface area contributed by atoms with Gasteiger partial charge in [0.2, 0.25) is 5.91 Å². The Labute approximate surface area is 128 Å². The molecule has 1 amide bonds. The van der Waals surface area contributed by atoms with E-state index in [0.29, 0.717) is 28.0 Å². The lowest BCUT2D eigenvalue weighted by Gasteiger charge is -2.20. The third kappa shape index (κ3) is 5.17. The van der Waals surface area contributed by atoms with Gasteiger partial charge in [0.25, 0.3) is 0 Å². The Morgan fingerprint density at radius 3 is 2.45 bits per heavy atom. The summed E-state index contributed by atoms with van der Waals surface area (Å²) in [7, 11) is 0. The van der Waals surface area contributed by atoms with Crippen LogP contribution in [0.2, 0.25) is 10.0 Å². The number of halogens is 2. The minimum Gasteiger partial charge on any atom is -0.399 e. The number of hydrogen-bond donors (Lipinski definition) is 3.